The van der Waals surface area contributed by atoms with Crippen LogP contribution in [-0.4, -0.2) is 53.7 Å². The van der Waals surface area contributed by atoms with Crippen molar-refractivity contribution >= 4 is 5.84 Å². The minimum Gasteiger partial charge on any atom is -0.409 e. The quantitative estimate of drug-likeness (QED) is 0.186. The second-order valence-corrected chi connectivity index (χ2v) is 5.24. The van der Waals surface area contributed by atoms with Crippen molar-refractivity contribution in [3.8, 4) is 0 Å². The number of nitrogens with zero attached hydrogens (tertiary/aromatic N) is 2. The molecule has 114 valence electrons. The zero-order valence-corrected chi connectivity index (χ0v) is 11.6. The van der Waals surface area contributed by atoms with E-state index < -0.39 is 11.8 Å². The molecule has 19 heavy (non-hydrogen) atoms. The summed E-state index contributed by atoms with van der Waals surface area (Å²) >= 11 is 0. The van der Waals surface area contributed by atoms with Gasteiger partial charge in [0, 0.05) is 12.0 Å². The van der Waals surface area contributed by atoms with Crippen LogP contribution in [-0.2, 0) is 0 Å². The first-order valence-corrected chi connectivity index (χ1v) is 6.43. The van der Waals surface area contributed by atoms with Gasteiger partial charge in [-0.1, -0.05) is 25.4 Å². The van der Waals surface area contributed by atoms with Crippen LogP contribution in [0.3, 0.4) is 0 Å². The van der Waals surface area contributed by atoms with Gasteiger partial charge in [-0.2, -0.15) is 0 Å². The average Bonchev–Trinajstić information content (AvgIpc) is 2.33. The maximum absolute atomic E-state index is 12.3. The van der Waals surface area contributed by atoms with Crippen molar-refractivity contribution < 1.29 is 19.1 Å². The lowest BCUT2D eigenvalue weighted by Gasteiger charge is -2.24. The van der Waals surface area contributed by atoms with Gasteiger partial charge in [0.2, 0.25) is 0 Å². The number of amidine groups is 1. The summed E-state index contributed by atoms with van der Waals surface area (Å²) in [6.07, 6.45) is -0.159. The molecule has 0 radical (unpaired) electrons. The largest absolute Gasteiger partial charge is 0.409 e. The highest BCUT2D eigenvalue weighted by molar-refractivity contribution is 5.85. The summed E-state index contributed by atoms with van der Waals surface area (Å²) < 4.78 is 24.5. The van der Waals surface area contributed by atoms with Crippen molar-refractivity contribution in [3.05, 3.63) is 0 Å². The molecule has 0 unspecified atom stereocenters. The molecule has 7 heteroatoms. The summed E-state index contributed by atoms with van der Waals surface area (Å²) in [5.74, 6) is 0.173. The Morgan fingerprint density at radius 1 is 1.32 bits per heavy atom. The van der Waals surface area contributed by atoms with Crippen LogP contribution in [0.5, 0.6) is 0 Å². The van der Waals surface area contributed by atoms with Gasteiger partial charge < -0.3 is 16.0 Å². The van der Waals surface area contributed by atoms with Crippen molar-refractivity contribution in [2.45, 2.75) is 39.5 Å². The van der Waals surface area contributed by atoms with E-state index in [9.17, 15) is 8.78 Å². The molecule has 0 fully saturated rings. The molecule has 0 aliphatic rings. The van der Waals surface area contributed by atoms with Crippen LogP contribution in [0.1, 0.15) is 33.1 Å². The number of unbranched alkanes of at least 4 members (excludes halogenated alkanes) is 1. The Hall–Kier alpha value is -0.950. The maximum Gasteiger partial charge on any atom is 0.251 e. The Kier molecular flexibility index (Phi) is 8.58. The van der Waals surface area contributed by atoms with Crippen molar-refractivity contribution in [1.82, 2.24) is 4.90 Å². The molecule has 0 spiro atoms. The van der Waals surface area contributed by atoms with E-state index in [0.29, 0.717) is 13.0 Å². The molecule has 0 aromatic heterocycles. The SMILES string of the molecule is CC(C)(CCCCN(CCO)CC(F)F)C(N)=NO. The normalized spacial score (nSPS) is 13.5. The molecule has 4 N–H and O–H groups in total. The van der Waals surface area contributed by atoms with Gasteiger partial charge in [-0.25, -0.2) is 8.78 Å². The Morgan fingerprint density at radius 3 is 2.42 bits per heavy atom. The fraction of sp³-hybridized carbons (Fsp3) is 0.917. The second kappa shape index (κ2) is 9.03. The lowest BCUT2D eigenvalue weighted by molar-refractivity contribution is 0.0771. The van der Waals surface area contributed by atoms with Crippen LogP contribution in [0, 0.1) is 5.41 Å². The van der Waals surface area contributed by atoms with E-state index >= 15 is 0 Å². The molecular formula is C12H25F2N3O2. The third-order valence-corrected chi connectivity index (χ3v) is 3.14. The van der Waals surface area contributed by atoms with Gasteiger partial charge in [0.1, 0.15) is 5.84 Å². The summed E-state index contributed by atoms with van der Waals surface area (Å²) in [6.45, 7) is 4.07. The summed E-state index contributed by atoms with van der Waals surface area (Å²) in [4.78, 5) is 1.54. The van der Waals surface area contributed by atoms with Crippen LogP contribution >= 0.6 is 0 Å². The van der Waals surface area contributed by atoms with Crippen molar-refractivity contribution in [2.75, 3.05) is 26.2 Å². The predicted molar refractivity (Wildman–Crippen MR) is 70.6 cm³/mol. The van der Waals surface area contributed by atoms with Crippen LogP contribution in [0.2, 0.25) is 0 Å². The molecule has 0 bridgehead atoms. The fourth-order valence-corrected chi connectivity index (χ4v) is 1.80. The van der Waals surface area contributed by atoms with Gasteiger partial charge in [-0.15, -0.1) is 0 Å². The molecule has 0 aliphatic heterocycles. The number of hydrogen-bond acceptors (Lipinski definition) is 4. The first-order valence-electron chi connectivity index (χ1n) is 6.43. The van der Waals surface area contributed by atoms with E-state index in [1.807, 2.05) is 13.8 Å². The van der Waals surface area contributed by atoms with E-state index in [1.165, 1.54) is 0 Å². The average molecular weight is 281 g/mol. The van der Waals surface area contributed by atoms with Crippen molar-refractivity contribution in [2.24, 2.45) is 16.3 Å². The number of alkyl halides is 2. The number of hydrogen-bond donors (Lipinski definition) is 3. The zero-order chi connectivity index (χ0) is 14.9. The number of aliphatic hydroxyl groups is 1. The molecule has 0 aliphatic carbocycles. The van der Waals surface area contributed by atoms with Crippen LogP contribution in [0.15, 0.2) is 5.16 Å². The van der Waals surface area contributed by atoms with Crippen molar-refractivity contribution in [1.29, 1.82) is 0 Å². The zero-order valence-electron chi connectivity index (χ0n) is 11.6. The summed E-state index contributed by atoms with van der Waals surface area (Å²) in [5.41, 5.74) is 5.16. The highest BCUT2D eigenvalue weighted by Gasteiger charge is 2.23. The smallest absolute Gasteiger partial charge is 0.251 e. The fourth-order valence-electron chi connectivity index (χ4n) is 1.80. The summed E-state index contributed by atoms with van der Waals surface area (Å²) in [7, 11) is 0. The minimum atomic E-state index is -2.39. The van der Waals surface area contributed by atoms with Gasteiger partial charge in [-0.05, 0) is 19.4 Å². The maximum atomic E-state index is 12.3. The van der Waals surface area contributed by atoms with Gasteiger partial charge in [0.05, 0.1) is 13.2 Å². The number of oxime groups is 1. The van der Waals surface area contributed by atoms with Gasteiger partial charge in [0.25, 0.3) is 6.43 Å². The third kappa shape index (κ3) is 7.94. The molecule has 5 nitrogen and oxygen atoms in total. The van der Waals surface area contributed by atoms with E-state index in [0.717, 1.165) is 12.8 Å². The highest BCUT2D eigenvalue weighted by atomic mass is 19.3. The van der Waals surface area contributed by atoms with Gasteiger partial charge in [-0.3, -0.25) is 4.90 Å². The first-order chi connectivity index (χ1) is 8.83. The van der Waals surface area contributed by atoms with Crippen LogP contribution < -0.4 is 5.73 Å². The molecule has 0 aromatic rings. The molecule has 0 amide bonds. The topological polar surface area (TPSA) is 82.1 Å². The number of halogens is 2. The number of rotatable bonds is 10. The predicted octanol–water partition coefficient (Wildman–Crippen LogP) is 1.49. The van der Waals surface area contributed by atoms with Crippen LogP contribution in [0.25, 0.3) is 0 Å². The Morgan fingerprint density at radius 2 is 1.95 bits per heavy atom. The van der Waals surface area contributed by atoms with E-state index in [4.69, 9.17) is 16.0 Å². The molecule has 0 aromatic carbocycles. The molecule has 0 atom stereocenters. The summed E-state index contributed by atoms with van der Waals surface area (Å²) in [5, 5.41) is 20.4. The molecular weight excluding hydrogens is 256 g/mol. The monoisotopic (exact) mass is 281 g/mol. The standard InChI is InChI=1S/C12H25F2N3O2/c1-12(2,11(15)16-19)5-3-4-6-17(7-8-18)9-10(13)14/h10,18-19H,3-9H2,1-2H3,(H2,15,16). The summed E-state index contributed by atoms with van der Waals surface area (Å²) in [6, 6.07) is 0. The second-order valence-electron chi connectivity index (χ2n) is 5.24. The molecule has 0 saturated heterocycles. The van der Waals surface area contributed by atoms with Gasteiger partial charge >= 0.3 is 0 Å². The van der Waals surface area contributed by atoms with E-state index in [1.54, 1.807) is 4.90 Å². The van der Waals surface area contributed by atoms with Crippen molar-refractivity contribution in [3.63, 3.8) is 0 Å². The number of aliphatic hydroxyl groups excluding tert-OH is 1. The Balaban J connectivity index is 4.00. The van der Waals surface area contributed by atoms with Gasteiger partial charge in [0.15, 0.2) is 0 Å². The molecule has 0 saturated carbocycles. The molecule has 0 heterocycles. The third-order valence-electron chi connectivity index (χ3n) is 3.14. The van der Waals surface area contributed by atoms with Crippen LogP contribution in [0.4, 0.5) is 8.78 Å². The van der Waals surface area contributed by atoms with E-state index in [2.05, 4.69) is 5.16 Å². The highest BCUT2D eigenvalue weighted by Crippen LogP contribution is 2.23. The first kappa shape index (κ1) is 18.0. The lowest BCUT2D eigenvalue weighted by Crippen LogP contribution is -2.34. The number of nitrogens with two attached hydrogens (primary N) is 1. The lowest BCUT2D eigenvalue weighted by atomic mass is 9.86. The Bertz CT molecular complexity index is 274. The minimum absolute atomic E-state index is 0.123. The molecule has 0 rings (SSSR count). The van der Waals surface area contributed by atoms with E-state index in [-0.39, 0.29) is 25.5 Å². The Labute approximate surface area is 113 Å².